The summed E-state index contributed by atoms with van der Waals surface area (Å²) in [6.07, 6.45) is 7.65. The zero-order valence-corrected chi connectivity index (χ0v) is 13.4. The average Bonchev–Trinajstić information content (AvgIpc) is 3.16. The van der Waals surface area contributed by atoms with Gasteiger partial charge < -0.3 is 9.30 Å². The van der Waals surface area contributed by atoms with E-state index in [4.69, 9.17) is 10.00 Å². The van der Waals surface area contributed by atoms with Crippen molar-refractivity contribution in [3.8, 4) is 11.8 Å². The SMILES string of the molecule is COc1ccc(C(=CCn2ccnc2)c2ccc(C#N)cc2)cc1. The van der Waals surface area contributed by atoms with E-state index in [1.54, 1.807) is 19.6 Å². The molecule has 0 saturated heterocycles. The molecule has 1 heterocycles. The second kappa shape index (κ2) is 7.30. The van der Waals surface area contributed by atoms with Gasteiger partial charge in [-0.3, -0.25) is 0 Å². The molecule has 0 N–H and O–H groups in total. The fourth-order valence-electron chi connectivity index (χ4n) is 2.49. The van der Waals surface area contributed by atoms with Crippen LogP contribution in [0.2, 0.25) is 0 Å². The lowest BCUT2D eigenvalue weighted by Gasteiger charge is -2.10. The smallest absolute Gasteiger partial charge is 0.118 e. The number of aromatic nitrogens is 2. The molecule has 24 heavy (non-hydrogen) atoms. The molecule has 0 atom stereocenters. The molecule has 0 amide bonds. The summed E-state index contributed by atoms with van der Waals surface area (Å²) in [7, 11) is 1.66. The second-order valence-electron chi connectivity index (χ2n) is 5.29. The number of nitrogens with zero attached hydrogens (tertiary/aromatic N) is 3. The summed E-state index contributed by atoms with van der Waals surface area (Å²) in [6.45, 7) is 0.724. The Bertz CT molecular complexity index is 855. The molecular formula is C20H17N3O. The van der Waals surface area contributed by atoms with Crippen molar-refractivity contribution in [3.05, 3.63) is 90.0 Å². The van der Waals surface area contributed by atoms with E-state index in [0.29, 0.717) is 5.56 Å². The molecule has 3 aromatic rings. The van der Waals surface area contributed by atoms with Crippen LogP contribution in [0.5, 0.6) is 5.75 Å². The molecule has 0 bridgehead atoms. The molecule has 3 rings (SSSR count). The molecule has 118 valence electrons. The van der Waals surface area contributed by atoms with E-state index in [9.17, 15) is 0 Å². The fraction of sp³-hybridized carbons (Fsp3) is 0.100. The van der Waals surface area contributed by atoms with Gasteiger partial charge >= 0.3 is 0 Å². The molecule has 0 spiro atoms. The highest BCUT2D eigenvalue weighted by Crippen LogP contribution is 2.26. The summed E-state index contributed by atoms with van der Waals surface area (Å²) in [5, 5.41) is 8.98. The van der Waals surface area contributed by atoms with Crippen molar-refractivity contribution in [2.75, 3.05) is 7.11 Å². The topological polar surface area (TPSA) is 50.8 Å². The number of hydrogen-bond acceptors (Lipinski definition) is 3. The highest BCUT2D eigenvalue weighted by molar-refractivity contribution is 5.80. The van der Waals surface area contributed by atoms with Crippen LogP contribution in [-0.4, -0.2) is 16.7 Å². The number of benzene rings is 2. The zero-order chi connectivity index (χ0) is 16.8. The van der Waals surface area contributed by atoms with Gasteiger partial charge in [0.2, 0.25) is 0 Å². The van der Waals surface area contributed by atoms with Gasteiger partial charge in [0.25, 0.3) is 0 Å². The Morgan fingerprint density at radius 2 is 1.79 bits per heavy atom. The summed E-state index contributed by atoms with van der Waals surface area (Å²) >= 11 is 0. The van der Waals surface area contributed by atoms with E-state index < -0.39 is 0 Å². The van der Waals surface area contributed by atoms with Gasteiger partial charge in [-0.2, -0.15) is 5.26 Å². The van der Waals surface area contributed by atoms with Crippen LogP contribution in [0, 0.1) is 11.3 Å². The molecule has 0 unspecified atom stereocenters. The summed E-state index contributed by atoms with van der Waals surface area (Å²) in [5.74, 6) is 0.826. The average molecular weight is 315 g/mol. The quantitative estimate of drug-likeness (QED) is 0.717. The van der Waals surface area contributed by atoms with E-state index in [2.05, 4.69) is 17.1 Å². The summed E-state index contributed by atoms with van der Waals surface area (Å²) in [5.41, 5.74) is 3.93. The molecule has 0 aliphatic rings. The van der Waals surface area contributed by atoms with E-state index >= 15 is 0 Å². The Kier molecular flexibility index (Phi) is 4.73. The highest BCUT2D eigenvalue weighted by Gasteiger charge is 2.06. The fourth-order valence-corrected chi connectivity index (χ4v) is 2.49. The number of hydrogen-bond donors (Lipinski definition) is 0. The van der Waals surface area contributed by atoms with Gasteiger partial charge in [0, 0.05) is 18.9 Å². The maximum absolute atomic E-state index is 8.98. The Morgan fingerprint density at radius 3 is 2.33 bits per heavy atom. The third-order valence-electron chi connectivity index (χ3n) is 3.79. The first-order valence-electron chi connectivity index (χ1n) is 7.61. The number of ether oxygens (including phenoxy) is 1. The minimum Gasteiger partial charge on any atom is -0.497 e. The molecule has 0 saturated carbocycles. The van der Waals surface area contributed by atoms with Crippen molar-refractivity contribution < 1.29 is 4.74 Å². The van der Waals surface area contributed by atoms with Crippen LogP contribution in [0.1, 0.15) is 16.7 Å². The van der Waals surface area contributed by atoms with E-state index in [-0.39, 0.29) is 0 Å². The lowest BCUT2D eigenvalue weighted by molar-refractivity contribution is 0.415. The van der Waals surface area contributed by atoms with Crippen LogP contribution in [0.4, 0.5) is 0 Å². The van der Waals surface area contributed by atoms with Crippen molar-refractivity contribution in [1.82, 2.24) is 9.55 Å². The molecule has 0 fully saturated rings. The van der Waals surface area contributed by atoms with Crippen LogP contribution < -0.4 is 4.74 Å². The number of nitriles is 1. The molecular weight excluding hydrogens is 298 g/mol. The van der Waals surface area contributed by atoms with Gasteiger partial charge in [0.15, 0.2) is 0 Å². The molecule has 0 radical (unpaired) electrons. The first kappa shape index (κ1) is 15.6. The third-order valence-corrected chi connectivity index (χ3v) is 3.79. The number of allylic oxidation sites excluding steroid dienone is 1. The van der Waals surface area contributed by atoms with Gasteiger partial charge in [-0.05, 0) is 41.0 Å². The predicted octanol–water partition coefficient (Wildman–Crippen LogP) is 3.90. The summed E-state index contributed by atoms with van der Waals surface area (Å²) in [4.78, 5) is 4.07. The van der Waals surface area contributed by atoms with E-state index in [1.165, 1.54) is 0 Å². The van der Waals surface area contributed by atoms with Crippen LogP contribution >= 0.6 is 0 Å². The van der Waals surface area contributed by atoms with Gasteiger partial charge in [-0.15, -0.1) is 0 Å². The molecule has 4 heteroatoms. The second-order valence-corrected chi connectivity index (χ2v) is 5.29. The zero-order valence-electron chi connectivity index (χ0n) is 13.4. The first-order chi connectivity index (χ1) is 11.8. The van der Waals surface area contributed by atoms with Crippen LogP contribution in [0.3, 0.4) is 0 Å². The van der Waals surface area contributed by atoms with E-state index in [0.717, 1.165) is 29.0 Å². The van der Waals surface area contributed by atoms with Crippen molar-refractivity contribution >= 4 is 5.57 Å². The summed E-state index contributed by atoms with van der Waals surface area (Å²) in [6, 6.07) is 17.8. The monoisotopic (exact) mass is 315 g/mol. The van der Waals surface area contributed by atoms with E-state index in [1.807, 2.05) is 59.3 Å². The maximum atomic E-state index is 8.98. The Labute approximate surface area is 141 Å². The normalized spacial score (nSPS) is 11.1. The molecule has 0 aliphatic heterocycles. The maximum Gasteiger partial charge on any atom is 0.118 e. The van der Waals surface area contributed by atoms with Crippen molar-refractivity contribution in [1.29, 1.82) is 5.26 Å². The third kappa shape index (κ3) is 3.53. The predicted molar refractivity (Wildman–Crippen MR) is 93.5 cm³/mol. The Morgan fingerprint density at radius 1 is 1.12 bits per heavy atom. The molecule has 1 aromatic heterocycles. The Balaban J connectivity index is 1.98. The van der Waals surface area contributed by atoms with Crippen molar-refractivity contribution in [2.45, 2.75) is 6.54 Å². The standard InChI is InChI=1S/C20H17N3O/c1-24-19-8-6-18(7-9-19)20(10-12-23-13-11-22-15-23)17-4-2-16(14-21)3-5-17/h2-11,13,15H,12H2,1H3. The minimum absolute atomic E-state index is 0.655. The van der Waals surface area contributed by atoms with Crippen LogP contribution in [0.25, 0.3) is 5.57 Å². The first-order valence-corrected chi connectivity index (χ1v) is 7.61. The minimum atomic E-state index is 0.655. The number of methoxy groups -OCH3 is 1. The number of imidazole rings is 1. The summed E-state index contributed by atoms with van der Waals surface area (Å²) < 4.78 is 7.24. The van der Waals surface area contributed by atoms with Crippen LogP contribution in [-0.2, 0) is 6.54 Å². The van der Waals surface area contributed by atoms with Crippen LogP contribution in [0.15, 0.2) is 73.3 Å². The molecule has 0 aliphatic carbocycles. The van der Waals surface area contributed by atoms with Gasteiger partial charge in [0.05, 0.1) is 25.1 Å². The van der Waals surface area contributed by atoms with Crippen molar-refractivity contribution in [2.24, 2.45) is 0 Å². The van der Waals surface area contributed by atoms with Gasteiger partial charge in [-0.1, -0.05) is 30.3 Å². The number of rotatable bonds is 5. The molecule has 4 nitrogen and oxygen atoms in total. The lowest BCUT2D eigenvalue weighted by atomic mass is 9.96. The molecule has 2 aromatic carbocycles. The van der Waals surface area contributed by atoms with Crippen molar-refractivity contribution in [3.63, 3.8) is 0 Å². The lowest BCUT2D eigenvalue weighted by Crippen LogP contribution is -1.95. The highest BCUT2D eigenvalue weighted by atomic mass is 16.5. The largest absolute Gasteiger partial charge is 0.497 e. The Hall–Kier alpha value is -3.32. The van der Waals surface area contributed by atoms with Gasteiger partial charge in [0.1, 0.15) is 5.75 Å². The van der Waals surface area contributed by atoms with Gasteiger partial charge in [-0.25, -0.2) is 4.98 Å².